The zero-order valence-electron chi connectivity index (χ0n) is 19.1. The molecule has 1 fully saturated rings. The summed E-state index contributed by atoms with van der Waals surface area (Å²) < 4.78 is 23.0. The number of halogens is 1. The van der Waals surface area contributed by atoms with Crippen LogP contribution in [0.25, 0.3) is 11.0 Å². The number of ether oxygens (including phenoxy) is 1. The standard InChI is InChI=1S/C25H26FN5O4/c26-19-9-15(10-20-24(19)35-14-21(32)28-20)11-27-17-5-7-29(8-6-17)12-18-13-30-22(33)3-1-16-2-4-23(34)31(18)25(16)30/h1-4,9-10,17-18,27H,5-8,11-14H2,(H,28,32). The predicted octanol–water partition coefficient (Wildman–Crippen LogP) is 1.44. The number of hydrogen-bond donors (Lipinski definition) is 2. The van der Waals surface area contributed by atoms with Gasteiger partial charge in [0, 0.05) is 43.2 Å². The van der Waals surface area contributed by atoms with Crippen molar-refractivity contribution in [3.8, 4) is 5.75 Å². The average molecular weight is 480 g/mol. The largest absolute Gasteiger partial charge is 0.478 e. The van der Waals surface area contributed by atoms with Gasteiger partial charge in [-0.1, -0.05) is 0 Å². The van der Waals surface area contributed by atoms with Crippen LogP contribution in [0.3, 0.4) is 0 Å². The highest BCUT2D eigenvalue weighted by molar-refractivity contribution is 5.95. The lowest BCUT2D eigenvalue weighted by atomic mass is 10.0. The number of likely N-dealkylation sites (tertiary alicyclic amines) is 1. The second kappa shape index (κ2) is 8.62. The molecule has 0 saturated carbocycles. The van der Waals surface area contributed by atoms with Crippen molar-refractivity contribution in [3.63, 3.8) is 0 Å². The summed E-state index contributed by atoms with van der Waals surface area (Å²) >= 11 is 0. The Morgan fingerprint density at radius 2 is 1.83 bits per heavy atom. The summed E-state index contributed by atoms with van der Waals surface area (Å²) in [6.45, 7) is 3.27. The van der Waals surface area contributed by atoms with Crippen molar-refractivity contribution >= 4 is 22.6 Å². The fraction of sp³-hybridized carbons (Fsp3) is 0.400. The highest BCUT2D eigenvalue weighted by atomic mass is 19.1. The molecule has 0 aliphatic carbocycles. The number of carbonyl (C=O) groups excluding carboxylic acids is 1. The fourth-order valence-electron chi connectivity index (χ4n) is 5.49. The van der Waals surface area contributed by atoms with Crippen molar-refractivity contribution in [2.24, 2.45) is 0 Å². The molecule has 10 heteroatoms. The number of hydrogen-bond acceptors (Lipinski definition) is 6. The van der Waals surface area contributed by atoms with E-state index >= 15 is 0 Å². The number of amides is 1. The van der Waals surface area contributed by atoms with E-state index in [4.69, 9.17) is 4.74 Å². The van der Waals surface area contributed by atoms with Crippen LogP contribution in [0.2, 0.25) is 0 Å². The van der Waals surface area contributed by atoms with Crippen LogP contribution in [-0.2, 0) is 17.9 Å². The third-order valence-corrected chi connectivity index (χ3v) is 7.19. The molecule has 1 atom stereocenters. The molecule has 6 rings (SSSR count). The van der Waals surface area contributed by atoms with Gasteiger partial charge in [0.25, 0.3) is 17.0 Å². The van der Waals surface area contributed by atoms with Crippen molar-refractivity contribution in [2.75, 3.05) is 31.6 Å². The van der Waals surface area contributed by atoms with E-state index in [2.05, 4.69) is 15.5 Å². The summed E-state index contributed by atoms with van der Waals surface area (Å²) in [7, 11) is 0. The summed E-state index contributed by atoms with van der Waals surface area (Å²) in [5.74, 6) is -0.674. The maximum atomic E-state index is 14.3. The fourth-order valence-corrected chi connectivity index (χ4v) is 5.49. The summed E-state index contributed by atoms with van der Waals surface area (Å²) in [6.07, 6.45) is 1.85. The maximum Gasteiger partial charge on any atom is 0.262 e. The van der Waals surface area contributed by atoms with Gasteiger partial charge >= 0.3 is 0 Å². The molecule has 3 aliphatic rings. The predicted molar refractivity (Wildman–Crippen MR) is 128 cm³/mol. The van der Waals surface area contributed by atoms with Gasteiger partial charge < -0.3 is 20.3 Å². The van der Waals surface area contributed by atoms with E-state index in [1.54, 1.807) is 39.5 Å². The molecular formula is C25H26FN5O4. The van der Waals surface area contributed by atoms with Crippen molar-refractivity contribution in [3.05, 3.63) is 68.5 Å². The number of rotatable bonds is 5. The molecule has 3 aromatic rings. The van der Waals surface area contributed by atoms with Crippen LogP contribution in [-0.4, -0.2) is 52.2 Å². The highest BCUT2D eigenvalue weighted by Crippen LogP contribution is 2.32. The molecule has 9 nitrogen and oxygen atoms in total. The minimum absolute atomic E-state index is 0.0679. The van der Waals surface area contributed by atoms with Crippen LogP contribution in [0.4, 0.5) is 10.1 Å². The molecule has 0 radical (unpaired) electrons. The van der Waals surface area contributed by atoms with Crippen LogP contribution in [0.5, 0.6) is 5.75 Å². The molecule has 182 valence electrons. The Labute approximate surface area is 200 Å². The van der Waals surface area contributed by atoms with Gasteiger partial charge in [-0.05, 0) is 55.8 Å². The molecule has 2 aromatic heterocycles. The first-order valence-electron chi connectivity index (χ1n) is 11.9. The molecule has 0 bridgehead atoms. The van der Waals surface area contributed by atoms with E-state index < -0.39 is 5.82 Å². The van der Waals surface area contributed by atoms with Crippen molar-refractivity contribution in [1.82, 2.24) is 19.4 Å². The van der Waals surface area contributed by atoms with Gasteiger partial charge in [-0.15, -0.1) is 0 Å². The molecule has 1 unspecified atom stereocenters. The molecular weight excluding hydrogens is 453 g/mol. The van der Waals surface area contributed by atoms with Crippen LogP contribution in [0.1, 0.15) is 24.4 Å². The SMILES string of the molecule is O=C1COc2c(F)cc(CNC3CCN(CC4Cn5c(=O)ccc6ccc(=O)n4c65)CC3)cc2N1. The summed E-state index contributed by atoms with van der Waals surface area (Å²) in [5, 5.41) is 7.06. The smallest absolute Gasteiger partial charge is 0.262 e. The second-order valence-electron chi connectivity index (χ2n) is 9.50. The van der Waals surface area contributed by atoms with Gasteiger partial charge in [-0.2, -0.15) is 0 Å². The van der Waals surface area contributed by atoms with Crippen LogP contribution >= 0.6 is 0 Å². The van der Waals surface area contributed by atoms with Crippen molar-refractivity contribution < 1.29 is 13.9 Å². The van der Waals surface area contributed by atoms with Crippen LogP contribution in [0.15, 0.2) is 46.0 Å². The molecule has 2 N–H and O–H groups in total. The summed E-state index contributed by atoms with van der Waals surface area (Å²) in [6, 6.07) is 10.1. The first-order chi connectivity index (χ1) is 17.0. The van der Waals surface area contributed by atoms with Crippen molar-refractivity contribution in [2.45, 2.75) is 38.0 Å². The second-order valence-corrected chi connectivity index (χ2v) is 9.50. The number of pyridine rings is 2. The Morgan fingerprint density at radius 1 is 1.06 bits per heavy atom. The lowest BCUT2D eigenvalue weighted by Crippen LogP contribution is -2.44. The number of nitrogens with zero attached hydrogens (tertiary/aromatic N) is 3. The Balaban J connectivity index is 1.07. The molecule has 3 aliphatic heterocycles. The number of nitrogens with one attached hydrogen (secondary N) is 2. The number of benzene rings is 1. The molecule has 1 amide bonds. The van der Waals surface area contributed by atoms with Gasteiger partial charge in [0.15, 0.2) is 18.2 Å². The van der Waals surface area contributed by atoms with E-state index in [-0.39, 0.29) is 41.5 Å². The molecule has 0 spiro atoms. The zero-order chi connectivity index (χ0) is 24.1. The number of piperidine rings is 1. The third kappa shape index (κ3) is 4.02. The van der Waals surface area contributed by atoms with E-state index in [9.17, 15) is 18.8 Å². The van der Waals surface area contributed by atoms with Gasteiger partial charge in [-0.25, -0.2) is 4.39 Å². The Morgan fingerprint density at radius 3 is 2.63 bits per heavy atom. The van der Waals surface area contributed by atoms with Gasteiger partial charge in [0.2, 0.25) is 0 Å². The lowest BCUT2D eigenvalue weighted by Gasteiger charge is -2.34. The molecule has 5 heterocycles. The summed E-state index contributed by atoms with van der Waals surface area (Å²) in [5.41, 5.74) is 1.68. The minimum atomic E-state index is -0.476. The first-order valence-corrected chi connectivity index (χ1v) is 11.9. The lowest BCUT2D eigenvalue weighted by molar-refractivity contribution is -0.118. The topological polar surface area (TPSA) is 97.6 Å². The minimum Gasteiger partial charge on any atom is -0.478 e. The quantitative estimate of drug-likeness (QED) is 0.575. The maximum absolute atomic E-state index is 14.3. The number of fused-ring (bicyclic) bond motifs is 1. The van der Waals surface area contributed by atoms with Crippen LogP contribution < -0.4 is 26.5 Å². The number of anilines is 1. The van der Waals surface area contributed by atoms with E-state index in [0.717, 1.165) is 36.9 Å². The normalized spacial score (nSPS) is 20.0. The Kier molecular flexibility index (Phi) is 5.42. The van der Waals surface area contributed by atoms with Gasteiger partial charge in [0.05, 0.1) is 11.7 Å². The van der Waals surface area contributed by atoms with Gasteiger partial charge in [0.1, 0.15) is 5.65 Å². The number of aromatic nitrogens is 2. The first kappa shape index (κ1) is 22.0. The third-order valence-electron chi connectivity index (χ3n) is 7.19. The monoisotopic (exact) mass is 479 g/mol. The zero-order valence-corrected chi connectivity index (χ0v) is 19.1. The summed E-state index contributed by atoms with van der Waals surface area (Å²) in [4.78, 5) is 38.9. The molecule has 1 saturated heterocycles. The van der Waals surface area contributed by atoms with E-state index in [1.807, 2.05) is 0 Å². The average Bonchev–Trinajstić information content (AvgIpc) is 3.23. The Hall–Kier alpha value is -3.50. The van der Waals surface area contributed by atoms with E-state index in [1.165, 1.54) is 6.07 Å². The Bertz CT molecular complexity index is 1440. The molecule has 35 heavy (non-hydrogen) atoms. The van der Waals surface area contributed by atoms with Crippen molar-refractivity contribution in [1.29, 1.82) is 0 Å². The highest BCUT2D eigenvalue weighted by Gasteiger charge is 2.29. The van der Waals surface area contributed by atoms with E-state index in [0.29, 0.717) is 31.0 Å². The number of carbonyl (C=O) groups is 1. The molecule has 1 aromatic carbocycles. The van der Waals surface area contributed by atoms with Gasteiger partial charge in [-0.3, -0.25) is 23.5 Å². The van der Waals surface area contributed by atoms with Crippen LogP contribution in [0, 0.1) is 5.82 Å².